The maximum absolute atomic E-state index is 13.0. The molecule has 0 saturated heterocycles. The minimum Gasteiger partial charge on any atom is -0.377 e. The average molecular weight is 357 g/mol. The van der Waals surface area contributed by atoms with Crippen molar-refractivity contribution in [3.63, 3.8) is 0 Å². The maximum atomic E-state index is 13.0. The number of rotatable bonds is 7. The predicted octanol–water partition coefficient (Wildman–Crippen LogP) is 2.30. The first kappa shape index (κ1) is 17.8. The standard InChI is InChI=1S/C18H20FN5O2/c1-12-10-21-17(11-26-2)24(12)8-7-20-18(25)16-9-15(22-23-16)13-3-5-14(19)6-4-13/h3-6,9-10H,7-8,11H2,1-2H3,(H,20,25)(H,22,23). The average Bonchev–Trinajstić information content (AvgIpc) is 3.25. The number of aryl methyl sites for hydroxylation is 1. The Bertz CT molecular complexity index is 885. The van der Waals surface area contributed by atoms with Gasteiger partial charge in [-0.2, -0.15) is 5.10 Å². The molecule has 0 fully saturated rings. The molecule has 2 aromatic heterocycles. The molecule has 0 aliphatic rings. The first-order chi connectivity index (χ1) is 12.6. The molecular formula is C18H20FN5O2. The van der Waals surface area contributed by atoms with E-state index in [0.29, 0.717) is 31.1 Å². The number of carbonyl (C=O) groups is 1. The monoisotopic (exact) mass is 357 g/mol. The van der Waals surface area contributed by atoms with Crippen LogP contribution >= 0.6 is 0 Å². The molecule has 0 bridgehead atoms. The SMILES string of the molecule is COCc1ncc(C)n1CCNC(=O)c1cc(-c2ccc(F)cc2)n[nH]1. The van der Waals surface area contributed by atoms with E-state index >= 15 is 0 Å². The lowest BCUT2D eigenvalue weighted by molar-refractivity contribution is 0.0946. The van der Waals surface area contributed by atoms with Crippen molar-refractivity contribution in [2.24, 2.45) is 0 Å². The number of aromatic nitrogens is 4. The molecule has 7 nitrogen and oxygen atoms in total. The Morgan fingerprint density at radius 1 is 1.35 bits per heavy atom. The Balaban J connectivity index is 1.59. The molecule has 0 atom stereocenters. The molecule has 2 N–H and O–H groups in total. The number of imidazole rings is 1. The van der Waals surface area contributed by atoms with E-state index in [-0.39, 0.29) is 11.7 Å². The van der Waals surface area contributed by atoms with Crippen molar-refractivity contribution in [2.45, 2.75) is 20.1 Å². The van der Waals surface area contributed by atoms with E-state index in [1.54, 1.807) is 31.5 Å². The smallest absolute Gasteiger partial charge is 0.269 e. The molecule has 0 aliphatic heterocycles. The van der Waals surface area contributed by atoms with Crippen LogP contribution < -0.4 is 5.32 Å². The Labute approximate surface area is 150 Å². The van der Waals surface area contributed by atoms with Crippen molar-refractivity contribution in [2.75, 3.05) is 13.7 Å². The van der Waals surface area contributed by atoms with E-state index in [0.717, 1.165) is 17.1 Å². The topological polar surface area (TPSA) is 84.8 Å². The fourth-order valence-corrected chi connectivity index (χ4v) is 2.64. The lowest BCUT2D eigenvalue weighted by atomic mass is 10.1. The summed E-state index contributed by atoms with van der Waals surface area (Å²) in [6, 6.07) is 7.59. The van der Waals surface area contributed by atoms with Gasteiger partial charge in [0.2, 0.25) is 0 Å². The number of halogens is 1. The molecule has 3 rings (SSSR count). The zero-order chi connectivity index (χ0) is 18.5. The van der Waals surface area contributed by atoms with Gasteiger partial charge < -0.3 is 14.6 Å². The number of hydrogen-bond donors (Lipinski definition) is 2. The molecule has 1 amide bonds. The second kappa shape index (κ2) is 7.92. The molecule has 0 aliphatic carbocycles. The summed E-state index contributed by atoms with van der Waals surface area (Å²) < 4.78 is 20.1. The lowest BCUT2D eigenvalue weighted by Crippen LogP contribution is -2.28. The fourth-order valence-electron chi connectivity index (χ4n) is 2.64. The van der Waals surface area contributed by atoms with Crippen LogP contribution in [-0.4, -0.2) is 39.3 Å². The Morgan fingerprint density at radius 2 is 2.12 bits per heavy atom. The van der Waals surface area contributed by atoms with Crippen LogP contribution in [0.4, 0.5) is 4.39 Å². The van der Waals surface area contributed by atoms with E-state index in [4.69, 9.17) is 4.74 Å². The number of aromatic amines is 1. The normalized spacial score (nSPS) is 10.9. The van der Waals surface area contributed by atoms with Crippen LogP contribution in [0.5, 0.6) is 0 Å². The third kappa shape index (κ3) is 3.97. The van der Waals surface area contributed by atoms with Crippen molar-refractivity contribution in [3.05, 3.63) is 59.6 Å². The van der Waals surface area contributed by atoms with Gasteiger partial charge in [0.05, 0.1) is 5.69 Å². The number of ether oxygens (including phenoxy) is 1. The predicted molar refractivity (Wildman–Crippen MR) is 94.0 cm³/mol. The third-order valence-corrected chi connectivity index (χ3v) is 3.99. The first-order valence-electron chi connectivity index (χ1n) is 8.18. The summed E-state index contributed by atoms with van der Waals surface area (Å²) in [6.07, 6.45) is 1.78. The summed E-state index contributed by atoms with van der Waals surface area (Å²) in [5.74, 6) is 0.251. The lowest BCUT2D eigenvalue weighted by Gasteiger charge is -2.10. The second-order valence-corrected chi connectivity index (χ2v) is 5.83. The minimum atomic E-state index is -0.315. The molecule has 136 valence electrons. The summed E-state index contributed by atoms with van der Waals surface area (Å²) in [4.78, 5) is 16.6. The molecule has 3 aromatic rings. The molecule has 0 unspecified atom stereocenters. The van der Waals surface area contributed by atoms with Gasteiger partial charge in [-0.3, -0.25) is 9.89 Å². The van der Waals surface area contributed by atoms with Gasteiger partial charge in [0.1, 0.15) is 23.9 Å². The molecule has 2 heterocycles. The highest BCUT2D eigenvalue weighted by molar-refractivity contribution is 5.93. The number of hydrogen-bond acceptors (Lipinski definition) is 4. The molecule has 0 radical (unpaired) electrons. The van der Waals surface area contributed by atoms with Gasteiger partial charge in [-0.25, -0.2) is 9.37 Å². The van der Waals surface area contributed by atoms with Gasteiger partial charge in [-0.15, -0.1) is 0 Å². The van der Waals surface area contributed by atoms with Gasteiger partial charge in [-0.1, -0.05) is 0 Å². The zero-order valence-corrected chi connectivity index (χ0v) is 14.6. The quantitative estimate of drug-likeness (QED) is 0.679. The highest BCUT2D eigenvalue weighted by Gasteiger charge is 2.12. The number of nitrogens with zero attached hydrogens (tertiary/aromatic N) is 3. The summed E-state index contributed by atoms with van der Waals surface area (Å²) >= 11 is 0. The summed E-state index contributed by atoms with van der Waals surface area (Å²) in [5, 5.41) is 9.67. The molecule has 1 aromatic carbocycles. The van der Waals surface area contributed by atoms with Gasteiger partial charge in [0, 0.05) is 37.7 Å². The van der Waals surface area contributed by atoms with Crippen molar-refractivity contribution < 1.29 is 13.9 Å². The van der Waals surface area contributed by atoms with Crippen LogP contribution in [0.2, 0.25) is 0 Å². The van der Waals surface area contributed by atoms with Gasteiger partial charge in [0.15, 0.2) is 0 Å². The number of carbonyl (C=O) groups excluding carboxylic acids is 1. The number of H-pyrrole nitrogens is 1. The van der Waals surface area contributed by atoms with Gasteiger partial charge in [-0.05, 0) is 37.3 Å². The van der Waals surface area contributed by atoms with Crippen LogP contribution in [0.25, 0.3) is 11.3 Å². The molecule has 0 saturated carbocycles. The first-order valence-corrected chi connectivity index (χ1v) is 8.18. The Kier molecular flexibility index (Phi) is 5.43. The third-order valence-electron chi connectivity index (χ3n) is 3.99. The van der Waals surface area contributed by atoms with E-state index in [1.807, 2.05) is 11.5 Å². The van der Waals surface area contributed by atoms with E-state index < -0.39 is 0 Å². The van der Waals surface area contributed by atoms with Crippen molar-refractivity contribution in [1.82, 2.24) is 25.1 Å². The minimum absolute atomic E-state index is 0.253. The fraction of sp³-hybridized carbons (Fsp3) is 0.278. The van der Waals surface area contributed by atoms with Crippen molar-refractivity contribution >= 4 is 5.91 Å². The van der Waals surface area contributed by atoms with Crippen LogP contribution in [0.3, 0.4) is 0 Å². The van der Waals surface area contributed by atoms with Gasteiger partial charge in [0.25, 0.3) is 5.91 Å². The van der Waals surface area contributed by atoms with Crippen LogP contribution in [0.1, 0.15) is 22.0 Å². The molecule has 8 heteroatoms. The highest BCUT2D eigenvalue weighted by Crippen LogP contribution is 2.17. The van der Waals surface area contributed by atoms with Crippen LogP contribution in [-0.2, 0) is 17.9 Å². The van der Waals surface area contributed by atoms with Crippen LogP contribution in [0, 0.1) is 12.7 Å². The van der Waals surface area contributed by atoms with E-state index in [2.05, 4.69) is 20.5 Å². The van der Waals surface area contributed by atoms with Crippen molar-refractivity contribution in [1.29, 1.82) is 0 Å². The van der Waals surface area contributed by atoms with E-state index in [9.17, 15) is 9.18 Å². The Morgan fingerprint density at radius 3 is 2.85 bits per heavy atom. The van der Waals surface area contributed by atoms with Crippen molar-refractivity contribution in [3.8, 4) is 11.3 Å². The van der Waals surface area contributed by atoms with Gasteiger partial charge >= 0.3 is 0 Å². The summed E-state index contributed by atoms with van der Waals surface area (Å²) in [5.41, 5.74) is 2.68. The number of benzene rings is 1. The molecule has 0 spiro atoms. The molecule has 26 heavy (non-hydrogen) atoms. The summed E-state index contributed by atoms with van der Waals surface area (Å²) in [6.45, 7) is 3.41. The molecular weight excluding hydrogens is 337 g/mol. The van der Waals surface area contributed by atoms with E-state index in [1.165, 1.54) is 12.1 Å². The largest absolute Gasteiger partial charge is 0.377 e. The number of amides is 1. The number of methoxy groups -OCH3 is 1. The van der Waals surface area contributed by atoms with Crippen LogP contribution in [0.15, 0.2) is 36.5 Å². The maximum Gasteiger partial charge on any atom is 0.269 e. The number of nitrogens with one attached hydrogen (secondary N) is 2. The second-order valence-electron chi connectivity index (χ2n) is 5.83. The zero-order valence-electron chi connectivity index (χ0n) is 14.6. The highest BCUT2D eigenvalue weighted by atomic mass is 19.1. The Hall–Kier alpha value is -3.00. The summed E-state index contributed by atoms with van der Waals surface area (Å²) in [7, 11) is 1.62.